The molecule has 0 aliphatic carbocycles. The molecule has 0 fully saturated rings. The van der Waals surface area contributed by atoms with Crippen molar-refractivity contribution in [2.45, 2.75) is 32.6 Å². The number of carbonyl (C=O) groups is 1. The van der Waals surface area contributed by atoms with Crippen LogP contribution >= 0.6 is 11.3 Å². The predicted molar refractivity (Wildman–Crippen MR) is 90.4 cm³/mol. The Bertz CT molecular complexity index is 704. The highest BCUT2D eigenvalue weighted by Crippen LogP contribution is 2.20. The molecular weight excluding hydrogens is 332 g/mol. The zero-order chi connectivity index (χ0) is 17.4. The number of benzene rings is 1. The third-order valence-electron chi connectivity index (χ3n) is 3.11. The number of anilines is 1. The van der Waals surface area contributed by atoms with Crippen molar-refractivity contribution in [3.8, 4) is 5.75 Å². The molecule has 8 nitrogen and oxygen atoms in total. The van der Waals surface area contributed by atoms with Gasteiger partial charge in [-0.15, -0.1) is 10.2 Å². The highest BCUT2D eigenvalue weighted by Gasteiger charge is 2.10. The third-order valence-corrected chi connectivity index (χ3v) is 4.00. The highest BCUT2D eigenvalue weighted by molar-refractivity contribution is 7.15. The minimum Gasteiger partial charge on any atom is -0.484 e. The second-order valence-electron chi connectivity index (χ2n) is 5.05. The number of nitrogens with one attached hydrogen (secondary N) is 1. The maximum Gasteiger partial charge on any atom is 0.273 e. The van der Waals surface area contributed by atoms with Gasteiger partial charge in [-0.1, -0.05) is 37.2 Å². The molecule has 0 radical (unpaired) electrons. The van der Waals surface area contributed by atoms with E-state index in [9.17, 15) is 14.9 Å². The SMILES string of the molecule is CCCCCc1nnc(NC(=O)COc2cccc([N+](=O)[O-])c2)s1. The van der Waals surface area contributed by atoms with Crippen molar-refractivity contribution in [3.63, 3.8) is 0 Å². The molecule has 0 atom stereocenters. The average molecular weight is 350 g/mol. The Hall–Kier alpha value is -2.55. The lowest BCUT2D eigenvalue weighted by molar-refractivity contribution is -0.384. The topological polar surface area (TPSA) is 107 Å². The first-order valence-electron chi connectivity index (χ1n) is 7.58. The van der Waals surface area contributed by atoms with E-state index in [1.54, 1.807) is 6.07 Å². The van der Waals surface area contributed by atoms with E-state index in [4.69, 9.17) is 4.74 Å². The molecule has 1 N–H and O–H groups in total. The molecule has 0 unspecified atom stereocenters. The van der Waals surface area contributed by atoms with Crippen LogP contribution < -0.4 is 10.1 Å². The van der Waals surface area contributed by atoms with Crippen molar-refractivity contribution >= 4 is 28.1 Å². The smallest absolute Gasteiger partial charge is 0.273 e. The number of nitrogens with zero attached hydrogens (tertiary/aromatic N) is 3. The fourth-order valence-electron chi connectivity index (χ4n) is 1.92. The van der Waals surface area contributed by atoms with Gasteiger partial charge in [0.15, 0.2) is 6.61 Å². The van der Waals surface area contributed by atoms with E-state index in [0.29, 0.717) is 5.13 Å². The van der Waals surface area contributed by atoms with E-state index in [0.717, 1.165) is 30.7 Å². The Kier molecular flexibility index (Phi) is 6.62. The molecule has 1 aromatic heterocycles. The molecule has 128 valence electrons. The van der Waals surface area contributed by atoms with Gasteiger partial charge in [0.05, 0.1) is 11.0 Å². The summed E-state index contributed by atoms with van der Waals surface area (Å²) in [6.45, 7) is 1.87. The minimum atomic E-state index is -0.520. The van der Waals surface area contributed by atoms with Gasteiger partial charge < -0.3 is 4.74 Å². The number of nitro groups is 1. The Morgan fingerprint density at radius 2 is 2.21 bits per heavy atom. The van der Waals surface area contributed by atoms with Crippen LogP contribution in [0, 0.1) is 10.1 Å². The molecule has 2 aromatic rings. The number of amides is 1. The number of hydrogen-bond acceptors (Lipinski definition) is 7. The molecule has 0 saturated heterocycles. The predicted octanol–water partition coefficient (Wildman–Crippen LogP) is 3.20. The van der Waals surface area contributed by atoms with Crippen LogP contribution in [-0.2, 0) is 11.2 Å². The van der Waals surface area contributed by atoms with E-state index < -0.39 is 10.8 Å². The first-order valence-corrected chi connectivity index (χ1v) is 8.39. The summed E-state index contributed by atoms with van der Waals surface area (Å²) in [6.07, 6.45) is 4.18. The summed E-state index contributed by atoms with van der Waals surface area (Å²) >= 11 is 1.34. The normalized spacial score (nSPS) is 10.4. The summed E-state index contributed by atoms with van der Waals surface area (Å²) < 4.78 is 5.26. The first-order chi connectivity index (χ1) is 11.6. The summed E-state index contributed by atoms with van der Waals surface area (Å²) in [5, 5.41) is 22.6. The number of aryl methyl sites for hydroxylation is 1. The van der Waals surface area contributed by atoms with Gasteiger partial charge in [0.1, 0.15) is 10.8 Å². The van der Waals surface area contributed by atoms with Gasteiger partial charge in [0.2, 0.25) is 5.13 Å². The van der Waals surface area contributed by atoms with Gasteiger partial charge in [-0.25, -0.2) is 0 Å². The van der Waals surface area contributed by atoms with Crippen LogP contribution in [0.1, 0.15) is 31.2 Å². The van der Waals surface area contributed by atoms with Gasteiger partial charge >= 0.3 is 0 Å². The number of carbonyl (C=O) groups excluding carboxylic acids is 1. The molecule has 0 aliphatic rings. The summed E-state index contributed by atoms with van der Waals surface area (Å²) in [5.74, 6) is -0.130. The second-order valence-corrected chi connectivity index (χ2v) is 6.11. The van der Waals surface area contributed by atoms with Crippen molar-refractivity contribution in [1.29, 1.82) is 0 Å². The van der Waals surface area contributed by atoms with Crippen molar-refractivity contribution in [1.82, 2.24) is 10.2 Å². The zero-order valence-corrected chi connectivity index (χ0v) is 14.0. The lowest BCUT2D eigenvalue weighted by atomic mass is 10.2. The van der Waals surface area contributed by atoms with Gasteiger partial charge in [-0.2, -0.15) is 0 Å². The van der Waals surface area contributed by atoms with Crippen molar-refractivity contribution < 1.29 is 14.5 Å². The van der Waals surface area contributed by atoms with Gasteiger partial charge in [-0.05, 0) is 12.5 Å². The summed E-state index contributed by atoms with van der Waals surface area (Å²) in [4.78, 5) is 22.0. The van der Waals surface area contributed by atoms with Crippen LogP contribution in [0.4, 0.5) is 10.8 Å². The van der Waals surface area contributed by atoms with E-state index in [-0.39, 0.29) is 18.0 Å². The van der Waals surface area contributed by atoms with Crippen LogP contribution in [0.15, 0.2) is 24.3 Å². The van der Waals surface area contributed by atoms with Crippen LogP contribution in [0.3, 0.4) is 0 Å². The maximum absolute atomic E-state index is 11.8. The maximum atomic E-state index is 11.8. The highest BCUT2D eigenvalue weighted by atomic mass is 32.1. The summed E-state index contributed by atoms with van der Waals surface area (Å²) in [6, 6.07) is 5.67. The van der Waals surface area contributed by atoms with Crippen LogP contribution in [0.2, 0.25) is 0 Å². The van der Waals surface area contributed by atoms with Gasteiger partial charge in [-0.3, -0.25) is 20.2 Å². The average Bonchev–Trinajstić information content (AvgIpc) is 3.01. The van der Waals surface area contributed by atoms with Crippen molar-refractivity contribution in [3.05, 3.63) is 39.4 Å². The minimum absolute atomic E-state index is 0.0891. The van der Waals surface area contributed by atoms with Crippen LogP contribution in [0.25, 0.3) is 0 Å². The largest absolute Gasteiger partial charge is 0.484 e. The number of rotatable bonds is 9. The molecule has 24 heavy (non-hydrogen) atoms. The summed E-state index contributed by atoms with van der Waals surface area (Å²) in [7, 11) is 0. The quantitative estimate of drug-likeness (QED) is 0.423. The van der Waals surface area contributed by atoms with Crippen LogP contribution in [-0.4, -0.2) is 27.6 Å². The number of unbranched alkanes of at least 4 members (excludes halogenated alkanes) is 2. The Morgan fingerprint density at radius 1 is 1.38 bits per heavy atom. The molecule has 0 spiro atoms. The number of hydrogen-bond donors (Lipinski definition) is 1. The lowest BCUT2D eigenvalue weighted by Gasteiger charge is -2.05. The van der Waals surface area contributed by atoms with E-state index >= 15 is 0 Å². The van der Waals surface area contributed by atoms with Gasteiger partial charge in [0.25, 0.3) is 11.6 Å². The molecule has 0 bridgehead atoms. The number of aromatic nitrogens is 2. The number of ether oxygens (including phenoxy) is 1. The second kappa shape index (κ2) is 8.92. The molecule has 9 heteroatoms. The Labute approximate surface area is 143 Å². The standard InChI is InChI=1S/C15H18N4O4S/c1-2-3-4-8-14-17-18-15(24-14)16-13(20)10-23-12-7-5-6-11(9-12)19(21)22/h5-7,9H,2-4,8,10H2,1H3,(H,16,18,20). The van der Waals surface area contributed by atoms with Crippen LogP contribution in [0.5, 0.6) is 5.75 Å². The third kappa shape index (κ3) is 5.58. The van der Waals surface area contributed by atoms with E-state index in [1.165, 1.54) is 29.5 Å². The zero-order valence-electron chi connectivity index (χ0n) is 13.2. The number of nitro benzene ring substituents is 1. The molecule has 2 rings (SSSR count). The molecule has 1 aromatic carbocycles. The lowest BCUT2D eigenvalue weighted by Crippen LogP contribution is -2.20. The van der Waals surface area contributed by atoms with Crippen molar-refractivity contribution in [2.24, 2.45) is 0 Å². The fraction of sp³-hybridized carbons (Fsp3) is 0.400. The molecule has 0 aliphatic heterocycles. The monoisotopic (exact) mass is 350 g/mol. The van der Waals surface area contributed by atoms with E-state index in [1.807, 2.05) is 0 Å². The van der Waals surface area contributed by atoms with Gasteiger partial charge in [0, 0.05) is 12.5 Å². The summed E-state index contributed by atoms with van der Waals surface area (Å²) in [5.41, 5.74) is -0.0891. The Morgan fingerprint density at radius 3 is 2.96 bits per heavy atom. The molecule has 0 saturated carbocycles. The molecule has 1 amide bonds. The molecular formula is C15H18N4O4S. The number of non-ortho nitro benzene ring substituents is 1. The fourth-order valence-corrected chi connectivity index (χ4v) is 2.72. The Balaban J connectivity index is 1.81. The first kappa shape index (κ1) is 17.8. The van der Waals surface area contributed by atoms with Crippen molar-refractivity contribution in [2.75, 3.05) is 11.9 Å². The van der Waals surface area contributed by atoms with E-state index in [2.05, 4.69) is 22.4 Å². The molecule has 1 heterocycles.